The second-order valence-corrected chi connectivity index (χ2v) is 8.88. The Bertz CT molecular complexity index is 1040. The third-order valence-electron chi connectivity index (χ3n) is 7.85. The highest BCUT2D eigenvalue weighted by atomic mass is 16.5. The number of carbonyl (C=O) groups is 1. The van der Waals surface area contributed by atoms with Crippen molar-refractivity contribution in [2.75, 3.05) is 7.11 Å². The Balaban J connectivity index is 1.81. The zero-order chi connectivity index (χ0) is 20.3. The molecule has 3 aromatic rings. The highest BCUT2D eigenvalue weighted by molar-refractivity contribution is 5.93. The summed E-state index contributed by atoms with van der Waals surface area (Å²) < 4.78 is 5.48. The number of hydrogen-bond acceptors (Lipinski definition) is 2. The van der Waals surface area contributed by atoms with Crippen molar-refractivity contribution >= 4 is 5.97 Å². The van der Waals surface area contributed by atoms with E-state index in [4.69, 9.17) is 4.74 Å². The van der Waals surface area contributed by atoms with Gasteiger partial charge in [-0.3, -0.25) is 4.79 Å². The SMILES string of the molecule is COC(=O)[C@]12[C@H](c3ccccc3)[C@@H](c3ccccc3)[C@]1(c1ccccc1)C2(C)C. The largest absolute Gasteiger partial charge is 0.469 e. The Labute approximate surface area is 172 Å². The Morgan fingerprint density at radius 3 is 1.66 bits per heavy atom. The van der Waals surface area contributed by atoms with Crippen LogP contribution in [0.1, 0.15) is 42.4 Å². The summed E-state index contributed by atoms with van der Waals surface area (Å²) in [7, 11) is 1.53. The molecular weight excluding hydrogens is 356 g/mol. The first-order chi connectivity index (χ1) is 14.0. The average molecular weight is 383 g/mol. The third-order valence-corrected chi connectivity index (χ3v) is 7.85. The first-order valence-corrected chi connectivity index (χ1v) is 10.3. The third kappa shape index (κ3) is 1.90. The molecule has 2 saturated carbocycles. The predicted molar refractivity (Wildman–Crippen MR) is 115 cm³/mol. The molecule has 2 heteroatoms. The summed E-state index contributed by atoms with van der Waals surface area (Å²) in [5.41, 5.74) is 2.65. The van der Waals surface area contributed by atoms with Crippen molar-refractivity contribution in [1.82, 2.24) is 0 Å². The minimum absolute atomic E-state index is 0.0776. The maximum absolute atomic E-state index is 13.5. The molecule has 2 aliphatic rings. The van der Waals surface area contributed by atoms with Crippen molar-refractivity contribution in [2.24, 2.45) is 10.8 Å². The molecule has 2 aliphatic carbocycles. The number of methoxy groups -OCH3 is 1. The number of fused-ring (bicyclic) bond motifs is 1. The maximum atomic E-state index is 13.5. The molecule has 0 amide bonds. The summed E-state index contributed by atoms with van der Waals surface area (Å²) in [6, 6.07) is 31.7. The standard InChI is InChI=1S/C27H26O2/c1-25(2)26(21-17-11-6-12-18-21)22(19-13-7-4-8-14-19)23(20-15-9-5-10-16-20)27(25,26)24(28)29-3/h4-18,22-23H,1-3H3/t22-,23-,26-,27+/m1/s1. The van der Waals surface area contributed by atoms with E-state index >= 15 is 0 Å². The number of esters is 1. The molecule has 4 atom stereocenters. The van der Waals surface area contributed by atoms with Crippen molar-refractivity contribution < 1.29 is 9.53 Å². The summed E-state index contributed by atoms with van der Waals surface area (Å²) >= 11 is 0. The van der Waals surface area contributed by atoms with Gasteiger partial charge in [0.1, 0.15) is 0 Å². The molecule has 0 saturated heterocycles. The molecule has 0 heterocycles. The van der Waals surface area contributed by atoms with Gasteiger partial charge in [-0.15, -0.1) is 0 Å². The lowest BCUT2D eigenvalue weighted by molar-refractivity contribution is -0.154. The second kappa shape index (κ2) is 6.06. The van der Waals surface area contributed by atoms with Gasteiger partial charge >= 0.3 is 5.97 Å². The summed E-state index contributed by atoms with van der Waals surface area (Å²) in [4.78, 5) is 13.5. The van der Waals surface area contributed by atoms with Gasteiger partial charge in [-0.1, -0.05) is 105 Å². The van der Waals surface area contributed by atoms with Gasteiger partial charge in [-0.2, -0.15) is 0 Å². The van der Waals surface area contributed by atoms with Gasteiger partial charge in [0.25, 0.3) is 0 Å². The number of hydrogen-bond donors (Lipinski definition) is 0. The summed E-state index contributed by atoms with van der Waals surface area (Å²) in [5.74, 6) is 0.198. The fourth-order valence-electron chi connectivity index (χ4n) is 6.99. The van der Waals surface area contributed by atoms with Crippen molar-refractivity contribution in [2.45, 2.75) is 31.1 Å². The Morgan fingerprint density at radius 2 is 1.17 bits per heavy atom. The zero-order valence-corrected chi connectivity index (χ0v) is 17.1. The van der Waals surface area contributed by atoms with Crippen LogP contribution >= 0.6 is 0 Å². The predicted octanol–water partition coefficient (Wildman–Crippen LogP) is 5.70. The van der Waals surface area contributed by atoms with Crippen molar-refractivity contribution in [3.05, 3.63) is 108 Å². The van der Waals surface area contributed by atoms with E-state index in [0.717, 1.165) is 0 Å². The van der Waals surface area contributed by atoms with Gasteiger partial charge in [0, 0.05) is 17.3 Å². The lowest BCUT2D eigenvalue weighted by atomic mass is 9.51. The molecule has 2 nitrogen and oxygen atoms in total. The van der Waals surface area contributed by atoms with E-state index in [-0.39, 0.29) is 28.6 Å². The molecule has 0 radical (unpaired) electrons. The van der Waals surface area contributed by atoms with Crippen LogP contribution in [0.4, 0.5) is 0 Å². The first kappa shape index (κ1) is 18.2. The van der Waals surface area contributed by atoms with Gasteiger partial charge in [0.05, 0.1) is 12.5 Å². The molecule has 0 spiro atoms. The van der Waals surface area contributed by atoms with Gasteiger partial charge in [0.2, 0.25) is 0 Å². The Morgan fingerprint density at radius 1 is 0.724 bits per heavy atom. The van der Waals surface area contributed by atoms with Crippen molar-refractivity contribution in [3.63, 3.8) is 0 Å². The molecule has 0 aromatic heterocycles. The molecular formula is C27H26O2. The van der Waals surface area contributed by atoms with E-state index in [1.807, 2.05) is 12.1 Å². The topological polar surface area (TPSA) is 26.3 Å². The normalized spacial score (nSPS) is 31.3. The fraction of sp³-hybridized carbons (Fsp3) is 0.296. The molecule has 5 rings (SSSR count). The van der Waals surface area contributed by atoms with Crippen molar-refractivity contribution in [3.8, 4) is 0 Å². The van der Waals surface area contributed by atoms with Gasteiger partial charge in [-0.25, -0.2) is 0 Å². The van der Waals surface area contributed by atoms with E-state index < -0.39 is 5.41 Å². The second-order valence-electron chi connectivity index (χ2n) is 8.88. The monoisotopic (exact) mass is 382 g/mol. The summed E-state index contributed by atoms with van der Waals surface area (Å²) in [6.07, 6.45) is 0. The minimum atomic E-state index is -0.571. The molecule has 0 N–H and O–H groups in total. The van der Waals surface area contributed by atoms with Crippen LogP contribution in [0.25, 0.3) is 0 Å². The highest BCUT2D eigenvalue weighted by Gasteiger charge is 2.99. The van der Waals surface area contributed by atoms with Crippen LogP contribution < -0.4 is 0 Å². The maximum Gasteiger partial charge on any atom is 0.313 e. The first-order valence-electron chi connectivity index (χ1n) is 10.3. The Hall–Kier alpha value is -2.87. The number of rotatable bonds is 4. The van der Waals surface area contributed by atoms with Crippen LogP contribution in [0, 0.1) is 10.8 Å². The number of ether oxygens (including phenoxy) is 1. The van der Waals surface area contributed by atoms with E-state index in [2.05, 4.69) is 92.7 Å². The summed E-state index contributed by atoms with van der Waals surface area (Å²) in [6.45, 7) is 4.49. The quantitative estimate of drug-likeness (QED) is 0.541. The molecule has 0 unspecified atom stereocenters. The highest BCUT2D eigenvalue weighted by Crippen LogP contribution is 2.97. The zero-order valence-electron chi connectivity index (χ0n) is 17.1. The van der Waals surface area contributed by atoms with Crippen LogP contribution in [-0.4, -0.2) is 13.1 Å². The molecule has 29 heavy (non-hydrogen) atoms. The molecule has 146 valence electrons. The molecule has 0 aliphatic heterocycles. The smallest absolute Gasteiger partial charge is 0.313 e. The fourth-order valence-corrected chi connectivity index (χ4v) is 6.99. The molecule has 0 bridgehead atoms. The van der Waals surface area contributed by atoms with Gasteiger partial charge in [0.15, 0.2) is 0 Å². The Kier molecular flexibility index (Phi) is 3.80. The van der Waals surface area contributed by atoms with Crippen LogP contribution in [0.2, 0.25) is 0 Å². The van der Waals surface area contributed by atoms with Gasteiger partial charge in [-0.05, 0) is 22.1 Å². The number of carbonyl (C=O) groups excluding carboxylic acids is 1. The number of benzene rings is 3. The molecule has 2 fully saturated rings. The van der Waals surface area contributed by atoms with Crippen molar-refractivity contribution in [1.29, 1.82) is 0 Å². The average Bonchev–Trinajstić information content (AvgIpc) is 3.13. The lowest BCUT2D eigenvalue weighted by Crippen LogP contribution is -2.50. The minimum Gasteiger partial charge on any atom is -0.469 e. The van der Waals surface area contributed by atoms with Crippen LogP contribution in [-0.2, 0) is 14.9 Å². The van der Waals surface area contributed by atoms with E-state index in [1.165, 1.54) is 23.8 Å². The lowest BCUT2D eigenvalue weighted by Gasteiger charge is -2.50. The van der Waals surface area contributed by atoms with Crippen LogP contribution in [0.3, 0.4) is 0 Å². The van der Waals surface area contributed by atoms with Crippen LogP contribution in [0.5, 0.6) is 0 Å². The molecule has 3 aromatic carbocycles. The van der Waals surface area contributed by atoms with E-state index in [9.17, 15) is 4.79 Å². The van der Waals surface area contributed by atoms with Gasteiger partial charge < -0.3 is 4.74 Å². The van der Waals surface area contributed by atoms with E-state index in [0.29, 0.717) is 0 Å². The van der Waals surface area contributed by atoms with E-state index in [1.54, 1.807) is 0 Å². The van der Waals surface area contributed by atoms with Crippen LogP contribution in [0.15, 0.2) is 91.0 Å². The summed E-state index contributed by atoms with van der Waals surface area (Å²) in [5, 5.41) is 0.